The van der Waals surface area contributed by atoms with Crippen molar-refractivity contribution in [1.29, 1.82) is 0 Å². The zero-order chi connectivity index (χ0) is 25.5. The number of hydrogen-bond donors (Lipinski definition) is 0. The predicted molar refractivity (Wildman–Crippen MR) is 141 cm³/mol. The molecule has 1 aliphatic heterocycles. The van der Waals surface area contributed by atoms with Crippen LogP contribution < -0.4 is 4.74 Å². The minimum Gasteiger partial charge on any atom is -0.497 e. The lowest BCUT2D eigenvalue weighted by molar-refractivity contribution is -0.137. The highest BCUT2D eigenvalue weighted by molar-refractivity contribution is 7.82. The molecule has 0 N–H and O–H groups in total. The SMILES string of the molecule is COc1cc(C)c(S(=O)N(C)CCOCC(=O)N(C)C2CCC(C3CCN(C)CC3)CC2)c(C)c1. The monoisotopic (exact) mass is 507 g/mol. The molecule has 0 radical (unpaired) electrons. The van der Waals surface area contributed by atoms with E-state index in [4.69, 9.17) is 9.47 Å². The molecule has 198 valence electrons. The number of carbonyl (C=O) groups is 1. The number of ether oxygens (including phenoxy) is 2. The molecule has 0 bridgehead atoms. The maximum Gasteiger partial charge on any atom is 0.248 e. The summed E-state index contributed by atoms with van der Waals surface area (Å²) in [5, 5.41) is 0. The summed E-state index contributed by atoms with van der Waals surface area (Å²) in [6.07, 6.45) is 7.32. The number of benzene rings is 1. The van der Waals surface area contributed by atoms with Crippen molar-refractivity contribution in [3.05, 3.63) is 23.3 Å². The van der Waals surface area contributed by atoms with Gasteiger partial charge in [-0.2, -0.15) is 0 Å². The number of piperidine rings is 1. The Morgan fingerprint density at radius 3 is 2.17 bits per heavy atom. The van der Waals surface area contributed by atoms with E-state index in [2.05, 4.69) is 11.9 Å². The van der Waals surface area contributed by atoms with Crippen LogP contribution in [0.25, 0.3) is 0 Å². The summed E-state index contributed by atoms with van der Waals surface area (Å²) in [4.78, 5) is 17.9. The molecule has 1 aliphatic carbocycles. The molecule has 1 saturated carbocycles. The summed E-state index contributed by atoms with van der Waals surface area (Å²) in [6, 6.07) is 4.13. The van der Waals surface area contributed by atoms with Gasteiger partial charge in [0.2, 0.25) is 5.91 Å². The topological polar surface area (TPSA) is 62.3 Å². The van der Waals surface area contributed by atoms with E-state index in [0.29, 0.717) is 19.2 Å². The zero-order valence-corrected chi connectivity index (χ0v) is 23.4. The molecule has 1 atom stereocenters. The molecule has 1 saturated heterocycles. The van der Waals surface area contributed by atoms with Crippen LogP contribution in [0.5, 0.6) is 5.75 Å². The van der Waals surface area contributed by atoms with Crippen LogP contribution in [-0.2, 0) is 20.5 Å². The molecule has 7 nitrogen and oxygen atoms in total. The quantitative estimate of drug-likeness (QED) is 0.453. The van der Waals surface area contributed by atoms with Gasteiger partial charge in [-0.25, -0.2) is 8.51 Å². The second-order valence-corrected chi connectivity index (χ2v) is 12.0. The van der Waals surface area contributed by atoms with E-state index in [-0.39, 0.29) is 12.5 Å². The van der Waals surface area contributed by atoms with Gasteiger partial charge in [0, 0.05) is 26.7 Å². The fourth-order valence-electron chi connectivity index (χ4n) is 5.66. The number of nitrogens with zero attached hydrogens (tertiary/aromatic N) is 3. The van der Waals surface area contributed by atoms with Crippen molar-refractivity contribution in [3.8, 4) is 5.75 Å². The first kappa shape index (κ1) is 28.1. The van der Waals surface area contributed by atoms with Crippen molar-refractivity contribution in [1.82, 2.24) is 14.1 Å². The molecule has 2 fully saturated rings. The molecule has 1 amide bonds. The van der Waals surface area contributed by atoms with Gasteiger partial charge in [0.05, 0.1) is 18.6 Å². The molecule has 1 heterocycles. The van der Waals surface area contributed by atoms with Gasteiger partial charge in [-0.05, 0) is 108 Å². The van der Waals surface area contributed by atoms with Gasteiger partial charge >= 0.3 is 0 Å². The van der Waals surface area contributed by atoms with Crippen LogP contribution in [0, 0.1) is 25.7 Å². The number of carbonyl (C=O) groups excluding carboxylic acids is 1. The zero-order valence-electron chi connectivity index (χ0n) is 22.5. The van der Waals surface area contributed by atoms with Gasteiger partial charge in [0.25, 0.3) is 0 Å². The average Bonchev–Trinajstić information content (AvgIpc) is 2.85. The molecule has 3 rings (SSSR count). The van der Waals surface area contributed by atoms with Gasteiger partial charge in [-0.1, -0.05) is 0 Å². The Labute approximate surface area is 214 Å². The molecular formula is C27H45N3O4S. The summed E-state index contributed by atoms with van der Waals surface area (Å²) in [5.41, 5.74) is 1.88. The molecule has 0 spiro atoms. The second-order valence-electron chi connectivity index (χ2n) is 10.5. The van der Waals surface area contributed by atoms with Crippen molar-refractivity contribution in [2.75, 3.05) is 61.1 Å². The van der Waals surface area contributed by atoms with Crippen LogP contribution in [0.15, 0.2) is 17.0 Å². The Bertz CT molecular complexity index is 841. The summed E-state index contributed by atoms with van der Waals surface area (Å²) >= 11 is 0. The fourth-order valence-corrected chi connectivity index (χ4v) is 6.88. The minimum atomic E-state index is -1.30. The van der Waals surface area contributed by atoms with Crippen LogP contribution in [0.2, 0.25) is 0 Å². The van der Waals surface area contributed by atoms with E-state index in [9.17, 15) is 9.00 Å². The number of aryl methyl sites for hydroxylation is 2. The minimum absolute atomic E-state index is 0.0401. The third kappa shape index (κ3) is 7.51. The highest BCUT2D eigenvalue weighted by atomic mass is 32.2. The van der Waals surface area contributed by atoms with Crippen LogP contribution in [0.1, 0.15) is 49.7 Å². The van der Waals surface area contributed by atoms with Crippen molar-refractivity contribution in [3.63, 3.8) is 0 Å². The van der Waals surface area contributed by atoms with Crippen molar-refractivity contribution in [2.24, 2.45) is 11.8 Å². The van der Waals surface area contributed by atoms with Crippen LogP contribution >= 0.6 is 0 Å². The van der Waals surface area contributed by atoms with Gasteiger partial charge in [0.15, 0.2) is 0 Å². The number of methoxy groups -OCH3 is 1. The van der Waals surface area contributed by atoms with E-state index in [1.54, 1.807) is 11.4 Å². The maximum absolute atomic E-state index is 13.0. The molecule has 1 aromatic carbocycles. The lowest BCUT2D eigenvalue weighted by Crippen LogP contribution is -2.43. The highest BCUT2D eigenvalue weighted by Gasteiger charge is 2.32. The van der Waals surface area contributed by atoms with Crippen LogP contribution in [0.4, 0.5) is 0 Å². The first-order valence-electron chi connectivity index (χ1n) is 13.0. The normalized spacial score (nSPS) is 22.8. The largest absolute Gasteiger partial charge is 0.497 e. The Kier molecular flexibility index (Phi) is 10.6. The summed E-state index contributed by atoms with van der Waals surface area (Å²) < 4.78 is 25.8. The van der Waals surface area contributed by atoms with Crippen LogP contribution in [-0.4, -0.2) is 91.4 Å². The second kappa shape index (κ2) is 13.2. The van der Waals surface area contributed by atoms with Crippen molar-refractivity contribution >= 4 is 16.9 Å². The Hall–Kier alpha value is -1.48. The van der Waals surface area contributed by atoms with Crippen molar-refractivity contribution < 1.29 is 18.5 Å². The average molecular weight is 508 g/mol. The van der Waals surface area contributed by atoms with Gasteiger partial charge in [-0.3, -0.25) is 4.79 Å². The third-order valence-corrected chi connectivity index (χ3v) is 9.76. The lowest BCUT2D eigenvalue weighted by atomic mass is 9.74. The molecule has 1 aromatic rings. The molecule has 0 aromatic heterocycles. The number of likely N-dealkylation sites (tertiary alicyclic amines) is 1. The highest BCUT2D eigenvalue weighted by Crippen LogP contribution is 2.36. The third-order valence-electron chi connectivity index (χ3n) is 8.02. The van der Waals surface area contributed by atoms with Gasteiger partial charge in [0.1, 0.15) is 23.3 Å². The summed E-state index contributed by atoms with van der Waals surface area (Å²) in [5.74, 6) is 2.50. The van der Waals surface area contributed by atoms with Gasteiger partial charge in [-0.15, -0.1) is 0 Å². The molecule has 8 heteroatoms. The van der Waals surface area contributed by atoms with E-state index in [0.717, 1.165) is 46.4 Å². The fraction of sp³-hybridized carbons (Fsp3) is 0.741. The van der Waals surface area contributed by atoms with E-state index in [1.807, 2.05) is 45.0 Å². The Morgan fingerprint density at radius 2 is 1.60 bits per heavy atom. The van der Waals surface area contributed by atoms with E-state index in [1.165, 1.54) is 38.8 Å². The number of amides is 1. The smallest absolute Gasteiger partial charge is 0.248 e. The lowest BCUT2D eigenvalue weighted by Gasteiger charge is -2.40. The molecule has 35 heavy (non-hydrogen) atoms. The molecule has 1 unspecified atom stereocenters. The standard InChI is InChI=1S/C27H45N3O4S/c1-20-17-25(33-6)18-21(2)27(20)35(32)29(4)15-16-34-19-26(31)30(5)24-9-7-22(8-10-24)23-11-13-28(3)14-12-23/h17-18,22-24H,7-16,19H2,1-6H3. The van der Waals surface area contributed by atoms with Crippen molar-refractivity contribution in [2.45, 2.75) is 63.3 Å². The summed E-state index contributed by atoms with van der Waals surface area (Å²) in [7, 11) is 6.29. The van der Waals surface area contributed by atoms with Crippen LogP contribution in [0.3, 0.4) is 0 Å². The number of hydrogen-bond acceptors (Lipinski definition) is 5. The first-order chi connectivity index (χ1) is 16.7. The van der Waals surface area contributed by atoms with E-state index < -0.39 is 11.0 Å². The Balaban J connectivity index is 1.37. The predicted octanol–water partition coefficient (Wildman–Crippen LogP) is 3.64. The summed E-state index contributed by atoms with van der Waals surface area (Å²) in [6.45, 7) is 7.26. The number of likely N-dealkylation sites (N-methyl/N-ethyl adjacent to an activating group) is 2. The molecule has 2 aliphatic rings. The molecular weight excluding hydrogens is 462 g/mol. The number of rotatable bonds is 10. The first-order valence-corrected chi connectivity index (χ1v) is 14.1. The maximum atomic E-state index is 13.0. The van der Waals surface area contributed by atoms with E-state index >= 15 is 0 Å². The Morgan fingerprint density at radius 1 is 1.03 bits per heavy atom. The van der Waals surface area contributed by atoms with Gasteiger partial charge < -0.3 is 19.3 Å².